The lowest BCUT2D eigenvalue weighted by Gasteiger charge is -2.23. The average molecular weight is 387 g/mol. The van der Waals surface area contributed by atoms with E-state index in [4.69, 9.17) is 9.47 Å². The van der Waals surface area contributed by atoms with Gasteiger partial charge >= 0.3 is 5.97 Å². The number of carbonyl (C=O) groups excluding carboxylic acids is 2. The third-order valence-electron chi connectivity index (χ3n) is 4.79. The van der Waals surface area contributed by atoms with Gasteiger partial charge in [0, 0.05) is 11.1 Å². The lowest BCUT2D eigenvalue weighted by Crippen LogP contribution is -2.30. The maximum absolute atomic E-state index is 13.4. The van der Waals surface area contributed by atoms with E-state index in [0.29, 0.717) is 34.9 Å². The number of carbonyl (C=O) groups is 2. The van der Waals surface area contributed by atoms with E-state index < -0.39 is 5.97 Å². The van der Waals surface area contributed by atoms with Crippen LogP contribution in [0.3, 0.4) is 0 Å². The number of benzene rings is 3. The molecular formula is C24H21NO4. The number of hydrogen-bond donors (Lipinski definition) is 0. The summed E-state index contributed by atoms with van der Waals surface area (Å²) in [6.07, 6.45) is 0. The van der Waals surface area contributed by atoms with E-state index in [-0.39, 0.29) is 12.5 Å². The first kappa shape index (κ1) is 18.7. The van der Waals surface area contributed by atoms with Crippen LogP contribution in [0, 0.1) is 6.92 Å². The van der Waals surface area contributed by atoms with Crippen LogP contribution < -0.4 is 9.64 Å². The lowest BCUT2D eigenvalue weighted by atomic mass is 10.1. The number of esters is 1. The van der Waals surface area contributed by atoms with Gasteiger partial charge in [-0.1, -0.05) is 35.9 Å². The minimum atomic E-state index is -0.431. The summed E-state index contributed by atoms with van der Waals surface area (Å²) in [5.74, 6) is 0.623. The fourth-order valence-corrected chi connectivity index (χ4v) is 3.38. The highest BCUT2D eigenvalue weighted by molar-refractivity contribution is 6.07. The van der Waals surface area contributed by atoms with E-state index in [1.165, 1.54) is 0 Å². The number of rotatable bonds is 3. The number of amides is 1. The van der Waals surface area contributed by atoms with Crippen molar-refractivity contribution in [1.29, 1.82) is 0 Å². The fourth-order valence-electron chi connectivity index (χ4n) is 3.38. The zero-order valence-corrected chi connectivity index (χ0v) is 16.3. The SMILES string of the molecule is CCOC(=O)c1ccc2c(c1)N(C(=O)c1cccc(C)c1)Cc1ccccc1O2. The first-order valence-corrected chi connectivity index (χ1v) is 9.52. The number of fused-ring (bicyclic) bond motifs is 2. The van der Waals surface area contributed by atoms with Gasteiger partial charge in [-0.15, -0.1) is 0 Å². The third kappa shape index (κ3) is 3.72. The van der Waals surface area contributed by atoms with Crippen LogP contribution in [0.5, 0.6) is 11.5 Å². The predicted octanol–water partition coefficient (Wildman–Crippen LogP) is 5.12. The molecule has 0 aromatic heterocycles. The Balaban J connectivity index is 1.83. The Kier molecular flexibility index (Phi) is 5.04. The molecule has 4 rings (SSSR count). The van der Waals surface area contributed by atoms with Gasteiger partial charge in [-0.05, 0) is 50.2 Å². The lowest BCUT2D eigenvalue weighted by molar-refractivity contribution is 0.0526. The molecule has 29 heavy (non-hydrogen) atoms. The van der Waals surface area contributed by atoms with Gasteiger partial charge in [0.25, 0.3) is 5.91 Å². The molecule has 0 N–H and O–H groups in total. The van der Waals surface area contributed by atoms with Crippen LogP contribution in [0.4, 0.5) is 5.69 Å². The Morgan fingerprint density at radius 3 is 2.59 bits per heavy atom. The van der Waals surface area contributed by atoms with E-state index in [1.807, 2.05) is 49.4 Å². The molecule has 0 radical (unpaired) electrons. The average Bonchev–Trinajstić information content (AvgIpc) is 2.89. The number of nitrogens with zero attached hydrogens (tertiary/aromatic N) is 1. The van der Waals surface area contributed by atoms with Crippen molar-refractivity contribution in [2.75, 3.05) is 11.5 Å². The van der Waals surface area contributed by atoms with Crippen LogP contribution in [0.2, 0.25) is 0 Å². The largest absolute Gasteiger partial charge is 0.462 e. The quantitative estimate of drug-likeness (QED) is 0.585. The highest BCUT2D eigenvalue weighted by atomic mass is 16.5. The van der Waals surface area contributed by atoms with Gasteiger partial charge in [0.2, 0.25) is 0 Å². The van der Waals surface area contributed by atoms with Crippen molar-refractivity contribution in [3.05, 3.63) is 89.0 Å². The highest BCUT2D eigenvalue weighted by Gasteiger charge is 2.27. The van der Waals surface area contributed by atoms with Crippen molar-refractivity contribution in [1.82, 2.24) is 0 Å². The molecule has 5 nitrogen and oxygen atoms in total. The first-order valence-electron chi connectivity index (χ1n) is 9.52. The van der Waals surface area contributed by atoms with E-state index in [9.17, 15) is 9.59 Å². The van der Waals surface area contributed by atoms with Crippen molar-refractivity contribution in [2.45, 2.75) is 20.4 Å². The van der Waals surface area contributed by atoms with Gasteiger partial charge in [-0.25, -0.2) is 4.79 Å². The van der Waals surface area contributed by atoms with Gasteiger partial charge in [-0.3, -0.25) is 4.79 Å². The molecule has 5 heteroatoms. The van der Waals surface area contributed by atoms with Crippen molar-refractivity contribution in [2.24, 2.45) is 0 Å². The fraction of sp³-hybridized carbons (Fsp3) is 0.167. The van der Waals surface area contributed by atoms with Gasteiger partial charge in [0.1, 0.15) is 5.75 Å². The Bertz CT molecular complexity index is 1090. The molecule has 0 atom stereocenters. The van der Waals surface area contributed by atoms with E-state index in [0.717, 1.165) is 11.1 Å². The topological polar surface area (TPSA) is 55.8 Å². The number of hydrogen-bond acceptors (Lipinski definition) is 4. The molecule has 0 aliphatic carbocycles. The van der Waals surface area contributed by atoms with Gasteiger partial charge in [0.15, 0.2) is 5.75 Å². The van der Waals surface area contributed by atoms with Gasteiger partial charge < -0.3 is 14.4 Å². The minimum Gasteiger partial charge on any atom is -0.462 e. The molecular weight excluding hydrogens is 366 g/mol. The molecule has 3 aromatic carbocycles. The van der Waals surface area contributed by atoms with Crippen LogP contribution in [0.15, 0.2) is 66.7 Å². The number of ether oxygens (including phenoxy) is 2. The van der Waals surface area contributed by atoms with Crippen LogP contribution in [0.1, 0.15) is 38.8 Å². The summed E-state index contributed by atoms with van der Waals surface area (Å²) >= 11 is 0. The Hall–Kier alpha value is -3.60. The van der Waals surface area contributed by atoms with Crippen LogP contribution in [-0.2, 0) is 11.3 Å². The summed E-state index contributed by atoms with van der Waals surface area (Å²) < 4.78 is 11.2. The predicted molar refractivity (Wildman–Crippen MR) is 111 cm³/mol. The second-order valence-corrected chi connectivity index (χ2v) is 6.87. The van der Waals surface area contributed by atoms with Crippen molar-refractivity contribution < 1.29 is 19.1 Å². The van der Waals surface area contributed by atoms with Gasteiger partial charge in [0.05, 0.1) is 24.4 Å². The Labute approximate surface area is 169 Å². The monoisotopic (exact) mass is 387 g/mol. The maximum atomic E-state index is 13.4. The van der Waals surface area contributed by atoms with Crippen molar-refractivity contribution >= 4 is 17.6 Å². The molecule has 1 aliphatic rings. The Morgan fingerprint density at radius 2 is 1.79 bits per heavy atom. The molecule has 1 heterocycles. The zero-order valence-electron chi connectivity index (χ0n) is 16.3. The summed E-state index contributed by atoms with van der Waals surface area (Å²) in [6.45, 7) is 4.32. The second kappa shape index (κ2) is 7.80. The van der Waals surface area contributed by atoms with Gasteiger partial charge in [-0.2, -0.15) is 0 Å². The third-order valence-corrected chi connectivity index (χ3v) is 4.79. The molecule has 0 unspecified atom stereocenters. The van der Waals surface area contributed by atoms with E-state index in [2.05, 4.69) is 0 Å². The summed E-state index contributed by atoms with van der Waals surface area (Å²) in [5, 5.41) is 0. The molecule has 0 spiro atoms. The molecule has 1 aliphatic heterocycles. The molecule has 0 bridgehead atoms. The smallest absolute Gasteiger partial charge is 0.338 e. The van der Waals surface area contributed by atoms with E-state index >= 15 is 0 Å². The molecule has 0 saturated carbocycles. The maximum Gasteiger partial charge on any atom is 0.338 e. The molecule has 0 saturated heterocycles. The first-order chi connectivity index (χ1) is 14.1. The van der Waals surface area contributed by atoms with Crippen LogP contribution in [0.25, 0.3) is 0 Å². The number of para-hydroxylation sites is 1. The van der Waals surface area contributed by atoms with E-state index in [1.54, 1.807) is 36.1 Å². The zero-order chi connectivity index (χ0) is 20.4. The number of aryl methyl sites for hydroxylation is 1. The summed E-state index contributed by atoms with van der Waals surface area (Å²) in [6, 6.07) is 20.1. The number of anilines is 1. The van der Waals surface area contributed by atoms with Crippen molar-refractivity contribution in [3.63, 3.8) is 0 Å². The highest BCUT2D eigenvalue weighted by Crippen LogP contribution is 2.40. The normalized spacial score (nSPS) is 12.3. The molecule has 1 amide bonds. The van der Waals surface area contributed by atoms with Crippen LogP contribution >= 0.6 is 0 Å². The summed E-state index contributed by atoms with van der Waals surface area (Å²) in [5.41, 5.74) is 3.39. The van der Waals surface area contributed by atoms with Crippen LogP contribution in [-0.4, -0.2) is 18.5 Å². The molecule has 3 aromatic rings. The Morgan fingerprint density at radius 1 is 0.966 bits per heavy atom. The molecule has 0 fully saturated rings. The standard InChI is InChI=1S/C24H21NO4/c1-3-28-24(27)18-11-12-22-20(14-18)25(15-19-8-4-5-10-21(19)29-22)23(26)17-9-6-7-16(2)13-17/h4-14H,3,15H2,1-2H3. The summed E-state index contributed by atoms with van der Waals surface area (Å²) in [4.78, 5) is 27.3. The summed E-state index contributed by atoms with van der Waals surface area (Å²) in [7, 11) is 0. The second-order valence-electron chi connectivity index (χ2n) is 6.87. The minimum absolute atomic E-state index is 0.156. The van der Waals surface area contributed by atoms with Crippen molar-refractivity contribution in [3.8, 4) is 11.5 Å². The molecule has 146 valence electrons.